The van der Waals surface area contributed by atoms with Gasteiger partial charge in [0.05, 0.1) is 5.92 Å². The molecule has 1 atom stereocenters. The standard InChI is InChI=1S/C20H24N4O2/c1-13(14-7-9-16(10-8-14)24-11-3-6-19(24)25)20(26)21-18-12-17(22-23-18)15-4-2-5-15/h7-10,12-13,15H,2-6,11H2,1H3,(H2,21,22,23,26). The van der Waals surface area contributed by atoms with Crippen LogP contribution < -0.4 is 10.2 Å². The number of amides is 2. The highest BCUT2D eigenvalue weighted by Crippen LogP contribution is 2.36. The third kappa shape index (κ3) is 3.23. The highest BCUT2D eigenvalue weighted by atomic mass is 16.2. The number of nitrogens with zero attached hydrogens (tertiary/aromatic N) is 2. The number of aromatic amines is 1. The van der Waals surface area contributed by atoms with E-state index in [4.69, 9.17) is 0 Å². The second kappa shape index (κ2) is 6.94. The molecular formula is C20H24N4O2. The fraction of sp³-hybridized carbons (Fsp3) is 0.450. The first-order valence-corrected chi connectivity index (χ1v) is 9.38. The maximum Gasteiger partial charge on any atom is 0.232 e. The molecule has 0 spiro atoms. The number of carbonyl (C=O) groups is 2. The minimum Gasteiger partial charge on any atom is -0.312 e. The predicted molar refractivity (Wildman–Crippen MR) is 100 cm³/mol. The van der Waals surface area contributed by atoms with E-state index in [-0.39, 0.29) is 17.7 Å². The number of H-pyrrole nitrogens is 1. The molecule has 2 aromatic rings. The molecule has 1 unspecified atom stereocenters. The Kier molecular flexibility index (Phi) is 4.49. The van der Waals surface area contributed by atoms with Crippen molar-refractivity contribution in [2.24, 2.45) is 0 Å². The van der Waals surface area contributed by atoms with Crippen molar-refractivity contribution in [3.63, 3.8) is 0 Å². The zero-order chi connectivity index (χ0) is 18.1. The van der Waals surface area contributed by atoms with E-state index in [1.807, 2.05) is 37.3 Å². The Labute approximate surface area is 153 Å². The number of hydrogen-bond donors (Lipinski definition) is 2. The summed E-state index contributed by atoms with van der Waals surface area (Å²) in [6.45, 7) is 2.65. The van der Waals surface area contributed by atoms with E-state index < -0.39 is 0 Å². The molecule has 136 valence electrons. The van der Waals surface area contributed by atoms with Gasteiger partial charge in [-0.2, -0.15) is 5.10 Å². The smallest absolute Gasteiger partial charge is 0.232 e. The summed E-state index contributed by atoms with van der Waals surface area (Å²) in [6.07, 6.45) is 5.18. The normalized spacial score (nSPS) is 18.7. The Hall–Kier alpha value is -2.63. The van der Waals surface area contributed by atoms with Gasteiger partial charge in [0.15, 0.2) is 5.82 Å². The predicted octanol–water partition coefficient (Wildman–Crippen LogP) is 3.55. The minimum atomic E-state index is -0.290. The van der Waals surface area contributed by atoms with Gasteiger partial charge in [-0.25, -0.2) is 0 Å². The first-order valence-electron chi connectivity index (χ1n) is 9.38. The second-order valence-electron chi connectivity index (χ2n) is 7.29. The maximum absolute atomic E-state index is 12.5. The van der Waals surface area contributed by atoms with E-state index in [0.29, 0.717) is 18.2 Å². The minimum absolute atomic E-state index is 0.0818. The number of hydrogen-bond acceptors (Lipinski definition) is 3. The fourth-order valence-corrected chi connectivity index (χ4v) is 3.58. The largest absolute Gasteiger partial charge is 0.312 e. The topological polar surface area (TPSA) is 78.1 Å². The Bertz CT molecular complexity index is 807. The van der Waals surface area contributed by atoms with Crippen molar-refractivity contribution in [3.8, 4) is 0 Å². The summed E-state index contributed by atoms with van der Waals surface area (Å²) in [5, 5.41) is 10.1. The molecule has 26 heavy (non-hydrogen) atoms. The summed E-state index contributed by atoms with van der Waals surface area (Å²) >= 11 is 0. The number of benzene rings is 1. The first kappa shape index (κ1) is 16.8. The van der Waals surface area contributed by atoms with Gasteiger partial charge in [0.1, 0.15) is 0 Å². The van der Waals surface area contributed by atoms with Crippen LogP contribution >= 0.6 is 0 Å². The Morgan fingerprint density at radius 3 is 2.65 bits per heavy atom. The second-order valence-corrected chi connectivity index (χ2v) is 7.29. The Balaban J connectivity index is 1.39. The van der Waals surface area contributed by atoms with Gasteiger partial charge in [0.2, 0.25) is 11.8 Å². The van der Waals surface area contributed by atoms with Crippen LogP contribution in [0.2, 0.25) is 0 Å². The third-order valence-corrected chi connectivity index (χ3v) is 5.57. The molecule has 1 aliphatic heterocycles. The van der Waals surface area contributed by atoms with Gasteiger partial charge in [-0.15, -0.1) is 0 Å². The van der Waals surface area contributed by atoms with Crippen molar-refractivity contribution in [2.75, 3.05) is 16.8 Å². The number of aromatic nitrogens is 2. The van der Waals surface area contributed by atoms with Crippen LogP contribution in [0.5, 0.6) is 0 Å². The van der Waals surface area contributed by atoms with E-state index in [1.54, 1.807) is 4.90 Å². The molecule has 2 amide bonds. The molecule has 1 saturated carbocycles. The molecule has 0 radical (unpaired) electrons. The molecule has 1 aromatic carbocycles. The van der Waals surface area contributed by atoms with Crippen molar-refractivity contribution in [1.82, 2.24) is 10.2 Å². The SMILES string of the molecule is CC(C(=O)Nc1cc(C2CCC2)[nH]n1)c1ccc(N2CCCC2=O)cc1. The lowest BCUT2D eigenvalue weighted by Gasteiger charge is -2.23. The molecule has 1 saturated heterocycles. The van der Waals surface area contributed by atoms with Crippen LogP contribution in [0.15, 0.2) is 30.3 Å². The quantitative estimate of drug-likeness (QED) is 0.864. The van der Waals surface area contributed by atoms with Gasteiger partial charge in [-0.1, -0.05) is 18.6 Å². The highest BCUT2D eigenvalue weighted by Gasteiger charge is 2.24. The lowest BCUT2D eigenvalue weighted by molar-refractivity contribution is -0.118. The molecule has 2 fully saturated rings. The molecule has 2 N–H and O–H groups in total. The molecule has 6 nitrogen and oxygen atoms in total. The van der Waals surface area contributed by atoms with Gasteiger partial charge in [-0.3, -0.25) is 14.7 Å². The molecule has 2 heterocycles. The van der Waals surface area contributed by atoms with Crippen LogP contribution in [0.1, 0.15) is 62.1 Å². The monoisotopic (exact) mass is 352 g/mol. The van der Waals surface area contributed by atoms with Crippen LogP contribution in [0.4, 0.5) is 11.5 Å². The summed E-state index contributed by atoms with van der Waals surface area (Å²) in [6, 6.07) is 9.64. The van der Waals surface area contributed by atoms with Crippen molar-refractivity contribution in [1.29, 1.82) is 0 Å². The lowest BCUT2D eigenvalue weighted by Crippen LogP contribution is -2.23. The van der Waals surface area contributed by atoms with E-state index >= 15 is 0 Å². The summed E-state index contributed by atoms with van der Waals surface area (Å²) in [5.41, 5.74) is 2.94. The van der Waals surface area contributed by atoms with E-state index in [9.17, 15) is 9.59 Å². The fourth-order valence-electron chi connectivity index (χ4n) is 3.58. The average Bonchev–Trinajstić information content (AvgIpc) is 3.22. The van der Waals surface area contributed by atoms with Crippen LogP contribution in [0.3, 0.4) is 0 Å². The van der Waals surface area contributed by atoms with Crippen molar-refractivity contribution < 1.29 is 9.59 Å². The van der Waals surface area contributed by atoms with E-state index in [2.05, 4.69) is 15.5 Å². The highest BCUT2D eigenvalue weighted by molar-refractivity contribution is 5.96. The van der Waals surface area contributed by atoms with Gasteiger partial charge < -0.3 is 10.2 Å². The van der Waals surface area contributed by atoms with Crippen LogP contribution in [-0.2, 0) is 9.59 Å². The number of nitrogens with one attached hydrogen (secondary N) is 2. The molecule has 4 rings (SSSR count). The molecule has 6 heteroatoms. The number of carbonyl (C=O) groups excluding carboxylic acids is 2. The Morgan fingerprint density at radius 2 is 2.04 bits per heavy atom. The van der Waals surface area contributed by atoms with Gasteiger partial charge in [0.25, 0.3) is 0 Å². The third-order valence-electron chi connectivity index (χ3n) is 5.57. The van der Waals surface area contributed by atoms with Gasteiger partial charge in [0, 0.05) is 36.3 Å². The molecule has 0 bridgehead atoms. The average molecular weight is 352 g/mol. The maximum atomic E-state index is 12.5. The Morgan fingerprint density at radius 1 is 1.27 bits per heavy atom. The van der Waals surface area contributed by atoms with Gasteiger partial charge in [-0.05, 0) is 43.9 Å². The van der Waals surface area contributed by atoms with Crippen LogP contribution in [0.25, 0.3) is 0 Å². The van der Waals surface area contributed by atoms with E-state index in [0.717, 1.165) is 29.9 Å². The van der Waals surface area contributed by atoms with Crippen molar-refractivity contribution in [3.05, 3.63) is 41.6 Å². The zero-order valence-electron chi connectivity index (χ0n) is 15.0. The summed E-state index contributed by atoms with van der Waals surface area (Å²) in [7, 11) is 0. The summed E-state index contributed by atoms with van der Waals surface area (Å²) < 4.78 is 0. The molecular weight excluding hydrogens is 328 g/mol. The number of anilines is 2. The molecule has 1 aliphatic carbocycles. The first-order chi connectivity index (χ1) is 12.6. The number of rotatable bonds is 5. The van der Waals surface area contributed by atoms with Crippen LogP contribution in [-0.4, -0.2) is 28.6 Å². The van der Waals surface area contributed by atoms with Crippen molar-refractivity contribution in [2.45, 2.75) is 50.9 Å². The lowest BCUT2D eigenvalue weighted by atomic mass is 9.83. The van der Waals surface area contributed by atoms with E-state index in [1.165, 1.54) is 19.3 Å². The molecule has 1 aromatic heterocycles. The van der Waals surface area contributed by atoms with Gasteiger partial charge >= 0.3 is 0 Å². The summed E-state index contributed by atoms with van der Waals surface area (Å²) in [4.78, 5) is 26.2. The summed E-state index contributed by atoms with van der Waals surface area (Å²) in [5.74, 6) is 0.947. The van der Waals surface area contributed by atoms with Crippen LogP contribution in [0, 0.1) is 0 Å². The molecule has 2 aliphatic rings. The van der Waals surface area contributed by atoms with Crippen molar-refractivity contribution >= 4 is 23.3 Å². The zero-order valence-corrected chi connectivity index (χ0v) is 15.0.